The molecule has 2 heterocycles. The predicted molar refractivity (Wildman–Crippen MR) is 108 cm³/mol. The van der Waals surface area contributed by atoms with E-state index in [4.69, 9.17) is 11.6 Å². The molecule has 1 aliphatic rings. The van der Waals surface area contributed by atoms with Crippen LogP contribution in [-0.2, 0) is 24.1 Å². The fraction of sp³-hybridized carbons (Fsp3) is 0.400. The zero-order valence-electron chi connectivity index (χ0n) is 16.6. The molecule has 1 fully saturated rings. The lowest BCUT2D eigenvalue weighted by Crippen LogP contribution is -2.26. The SMILES string of the molecule is CC(Cn1nc(C(F)(F)F)cc1C1CC1)C(=O)Nc1ncn(Cc2cccc(Cl)c2)n1. The fourth-order valence-electron chi connectivity index (χ4n) is 3.25. The Balaban J connectivity index is 1.39. The van der Waals surface area contributed by atoms with Crippen molar-refractivity contribution in [3.8, 4) is 0 Å². The Morgan fingerprint density at radius 2 is 2.06 bits per heavy atom. The van der Waals surface area contributed by atoms with Crippen LogP contribution in [0.15, 0.2) is 36.7 Å². The molecule has 164 valence electrons. The van der Waals surface area contributed by atoms with Crippen LogP contribution in [0.25, 0.3) is 0 Å². The number of aromatic nitrogens is 5. The highest BCUT2D eigenvalue weighted by Gasteiger charge is 2.38. The summed E-state index contributed by atoms with van der Waals surface area (Å²) in [4.78, 5) is 16.6. The molecule has 0 radical (unpaired) electrons. The van der Waals surface area contributed by atoms with Gasteiger partial charge in [-0.3, -0.25) is 14.8 Å². The summed E-state index contributed by atoms with van der Waals surface area (Å²) in [5.74, 6) is -0.829. The molecule has 11 heteroatoms. The van der Waals surface area contributed by atoms with Gasteiger partial charge >= 0.3 is 6.18 Å². The van der Waals surface area contributed by atoms with Crippen LogP contribution in [0.1, 0.15) is 42.6 Å². The summed E-state index contributed by atoms with van der Waals surface area (Å²) in [7, 11) is 0. The van der Waals surface area contributed by atoms with E-state index in [1.807, 2.05) is 12.1 Å². The largest absolute Gasteiger partial charge is 0.435 e. The number of nitrogens with zero attached hydrogens (tertiary/aromatic N) is 5. The first-order chi connectivity index (χ1) is 14.7. The molecule has 1 amide bonds. The van der Waals surface area contributed by atoms with E-state index in [0.29, 0.717) is 17.3 Å². The van der Waals surface area contributed by atoms with E-state index in [1.54, 1.807) is 23.7 Å². The van der Waals surface area contributed by atoms with E-state index in [9.17, 15) is 18.0 Å². The van der Waals surface area contributed by atoms with E-state index in [-0.39, 0.29) is 18.4 Å². The van der Waals surface area contributed by atoms with Crippen molar-refractivity contribution in [1.29, 1.82) is 0 Å². The minimum Gasteiger partial charge on any atom is -0.293 e. The third-order valence-corrected chi connectivity index (χ3v) is 5.23. The first-order valence-electron chi connectivity index (χ1n) is 9.79. The first kappa shape index (κ1) is 21.4. The highest BCUT2D eigenvalue weighted by molar-refractivity contribution is 6.30. The van der Waals surface area contributed by atoms with Gasteiger partial charge in [-0.1, -0.05) is 30.7 Å². The Labute approximate surface area is 181 Å². The molecule has 1 aliphatic carbocycles. The molecule has 3 aromatic rings. The number of carbonyl (C=O) groups excluding carboxylic acids is 1. The van der Waals surface area contributed by atoms with Gasteiger partial charge in [0.2, 0.25) is 11.9 Å². The van der Waals surface area contributed by atoms with Crippen molar-refractivity contribution >= 4 is 23.5 Å². The molecule has 0 saturated heterocycles. The summed E-state index contributed by atoms with van der Waals surface area (Å²) in [6.45, 7) is 2.10. The molecule has 1 saturated carbocycles. The van der Waals surface area contributed by atoms with Gasteiger partial charge in [0.25, 0.3) is 0 Å². The van der Waals surface area contributed by atoms with Crippen LogP contribution in [0.3, 0.4) is 0 Å². The highest BCUT2D eigenvalue weighted by Crippen LogP contribution is 2.42. The van der Waals surface area contributed by atoms with Crippen molar-refractivity contribution in [3.05, 3.63) is 58.6 Å². The summed E-state index contributed by atoms with van der Waals surface area (Å²) >= 11 is 5.98. The second-order valence-electron chi connectivity index (χ2n) is 7.69. The normalized spacial score (nSPS) is 15.1. The fourth-order valence-corrected chi connectivity index (χ4v) is 3.46. The van der Waals surface area contributed by atoms with Gasteiger partial charge in [0.15, 0.2) is 5.69 Å². The van der Waals surface area contributed by atoms with Crippen LogP contribution in [0.5, 0.6) is 0 Å². The van der Waals surface area contributed by atoms with E-state index >= 15 is 0 Å². The maximum Gasteiger partial charge on any atom is 0.435 e. The van der Waals surface area contributed by atoms with Crippen molar-refractivity contribution in [2.45, 2.75) is 44.9 Å². The van der Waals surface area contributed by atoms with Crippen LogP contribution in [-0.4, -0.2) is 30.5 Å². The monoisotopic (exact) mass is 452 g/mol. The standard InChI is InChI=1S/C20H20ClF3N6O/c1-12(9-30-16(14-5-6-14)8-17(27-30)20(22,23)24)18(31)26-19-25-11-29(28-19)10-13-3-2-4-15(21)7-13/h2-4,7-8,11-12,14H,5-6,9-10H2,1H3,(H,26,28,31). The third-order valence-electron chi connectivity index (χ3n) is 5.00. The Kier molecular flexibility index (Phi) is 5.74. The number of rotatable bonds is 7. The second-order valence-corrected chi connectivity index (χ2v) is 8.13. The Morgan fingerprint density at radius 1 is 1.29 bits per heavy atom. The quantitative estimate of drug-likeness (QED) is 0.578. The molecule has 0 bridgehead atoms. The number of carbonyl (C=O) groups is 1. The van der Waals surface area contributed by atoms with Gasteiger partial charge in [-0.2, -0.15) is 18.3 Å². The summed E-state index contributed by atoms with van der Waals surface area (Å²) in [6.07, 6.45) is -1.37. The Morgan fingerprint density at radius 3 is 2.74 bits per heavy atom. The highest BCUT2D eigenvalue weighted by atomic mass is 35.5. The predicted octanol–water partition coefficient (Wildman–Crippen LogP) is 4.35. The average molecular weight is 453 g/mol. The van der Waals surface area contributed by atoms with Gasteiger partial charge in [-0.05, 0) is 36.6 Å². The van der Waals surface area contributed by atoms with Gasteiger partial charge in [0.1, 0.15) is 6.33 Å². The molecule has 1 N–H and O–H groups in total. The number of halogens is 4. The molecule has 0 aliphatic heterocycles. The van der Waals surface area contributed by atoms with Crippen LogP contribution < -0.4 is 5.32 Å². The summed E-state index contributed by atoms with van der Waals surface area (Å²) in [5.41, 5.74) is 0.523. The zero-order valence-corrected chi connectivity index (χ0v) is 17.4. The molecular formula is C20H20ClF3N6O. The number of hydrogen-bond acceptors (Lipinski definition) is 4. The minimum absolute atomic E-state index is 0.0387. The van der Waals surface area contributed by atoms with Gasteiger partial charge in [-0.25, -0.2) is 9.67 Å². The molecule has 7 nitrogen and oxygen atoms in total. The van der Waals surface area contributed by atoms with Gasteiger partial charge in [0.05, 0.1) is 19.0 Å². The van der Waals surface area contributed by atoms with Crippen molar-refractivity contribution in [2.24, 2.45) is 5.92 Å². The molecule has 4 rings (SSSR count). The van der Waals surface area contributed by atoms with Gasteiger partial charge in [0, 0.05) is 16.6 Å². The van der Waals surface area contributed by atoms with Gasteiger partial charge in [-0.15, -0.1) is 5.10 Å². The lowest BCUT2D eigenvalue weighted by Gasteiger charge is -2.13. The zero-order chi connectivity index (χ0) is 22.2. The average Bonchev–Trinajstić information content (AvgIpc) is 3.30. The molecule has 1 aromatic carbocycles. The molecule has 0 spiro atoms. The number of anilines is 1. The maximum absolute atomic E-state index is 13.0. The van der Waals surface area contributed by atoms with Crippen LogP contribution in [0.2, 0.25) is 5.02 Å². The maximum atomic E-state index is 13.0. The number of nitrogens with one attached hydrogen (secondary N) is 1. The Bertz CT molecular complexity index is 1090. The molecule has 1 unspecified atom stereocenters. The topological polar surface area (TPSA) is 77.6 Å². The van der Waals surface area contributed by atoms with E-state index in [1.165, 1.54) is 11.0 Å². The summed E-state index contributed by atoms with van der Waals surface area (Å²) in [5, 5.41) is 11.1. The Hall–Kier alpha value is -2.88. The number of amides is 1. The lowest BCUT2D eigenvalue weighted by molar-refractivity contribution is -0.141. The van der Waals surface area contributed by atoms with E-state index < -0.39 is 23.7 Å². The molecule has 31 heavy (non-hydrogen) atoms. The minimum atomic E-state index is -4.51. The van der Waals surface area contributed by atoms with Crippen molar-refractivity contribution < 1.29 is 18.0 Å². The smallest absolute Gasteiger partial charge is 0.293 e. The first-order valence-corrected chi connectivity index (χ1v) is 10.2. The third kappa shape index (κ3) is 5.25. The molecule has 2 aromatic heterocycles. The van der Waals surface area contributed by atoms with E-state index in [0.717, 1.165) is 24.5 Å². The summed E-state index contributed by atoms with van der Waals surface area (Å²) in [6, 6.07) is 8.38. The van der Waals surface area contributed by atoms with E-state index in [2.05, 4.69) is 20.5 Å². The van der Waals surface area contributed by atoms with Crippen molar-refractivity contribution in [3.63, 3.8) is 0 Å². The van der Waals surface area contributed by atoms with Crippen LogP contribution in [0.4, 0.5) is 19.1 Å². The van der Waals surface area contributed by atoms with Gasteiger partial charge < -0.3 is 0 Å². The number of benzene rings is 1. The lowest BCUT2D eigenvalue weighted by atomic mass is 10.1. The van der Waals surface area contributed by atoms with Crippen molar-refractivity contribution in [1.82, 2.24) is 24.5 Å². The van der Waals surface area contributed by atoms with Crippen molar-refractivity contribution in [2.75, 3.05) is 5.32 Å². The van der Waals surface area contributed by atoms with Crippen LogP contribution >= 0.6 is 11.6 Å². The molecular weight excluding hydrogens is 433 g/mol. The van der Waals surface area contributed by atoms with Crippen LogP contribution in [0, 0.1) is 5.92 Å². The number of alkyl halides is 3. The second kappa shape index (κ2) is 8.33. The summed E-state index contributed by atoms with van der Waals surface area (Å²) < 4.78 is 42.0. The molecule has 1 atom stereocenters. The number of hydrogen-bond donors (Lipinski definition) is 1.